The summed E-state index contributed by atoms with van der Waals surface area (Å²) in [4.78, 5) is 11.4. The van der Waals surface area contributed by atoms with E-state index in [0.717, 1.165) is 12.8 Å². The summed E-state index contributed by atoms with van der Waals surface area (Å²) in [5, 5.41) is 32.2. The van der Waals surface area contributed by atoms with Gasteiger partial charge in [0.1, 0.15) is 24.4 Å². The van der Waals surface area contributed by atoms with Crippen molar-refractivity contribution in [3.05, 3.63) is 0 Å². The van der Waals surface area contributed by atoms with Crippen molar-refractivity contribution in [3.63, 3.8) is 0 Å². The van der Waals surface area contributed by atoms with Crippen molar-refractivity contribution in [2.24, 2.45) is 0 Å². The SMILES string of the molecule is CCCCCCCCCCCCCCCCO[C@H]1O[C@H](CO)[C@@H](O)[C@H](O)[C@H]1NC(C)=O. The maximum Gasteiger partial charge on any atom is 0.217 e. The normalized spacial score (nSPS) is 26.2. The number of rotatable bonds is 18. The average Bonchev–Trinajstić information content (AvgIpc) is 2.75. The van der Waals surface area contributed by atoms with Gasteiger partial charge in [-0.05, 0) is 6.42 Å². The van der Waals surface area contributed by atoms with Crippen LogP contribution in [0.4, 0.5) is 0 Å². The minimum absolute atomic E-state index is 0.340. The van der Waals surface area contributed by atoms with Crippen LogP contribution in [-0.4, -0.2) is 65.1 Å². The number of unbranched alkanes of at least 4 members (excludes halogenated alkanes) is 13. The molecule has 5 atom stereocenters. The molecule has 1 aliphatic heterocycles. The lowest BCUT2D eigenvalue weighted by Gasteiger charge is -2.42. The number of aliphatic hydroxyl groups excluding tert-OH is 3. The van der Waals surface area contributed by atoms with E-state index in [-0.39, 0.29) is 5.91 Å². The largest absolute Gasteiger partial charge is 0.394 e. The van der Waals surface area contributed by atoms with Crippen LogP contribution >= 0.6 is 0 Å². The van der Waals surface area contributed by atoms with Gasteiger partial charge in [-0.25, -0.2) is 0 Å². The number of ether oxygens (including phenoxy) is 2. The third-order valence-corrected chi connectivity index (χ3v) is 6.03. The van der Waals surface area contributed by atoms with E-state index in [1.54, 1.807) is 0 Å². The summed E-state index contributed by atoms with van der Waals surface area (Å²) >= 11 is 0. The summed E-state index contributed by atoms with van der Waals surface area (Å²) in [5.74, 6) is -0.340. The van der Waals surface area contributed by atoms with E-state index < -0.39 is 37.3 Å². The minimum Gasteiger partial charge on any atom is -0.394 e. The zero-order chi connectivity index (χ0) is 22.9. The zero-order valence-electron chi connectivity index (χ0n) is 19.8. The Labute approximate surface area is 188 Å². The Morgan fingerprint density at radius 3 is 1.77 bits per heavy atom. The Morgan fingerprint density at radius 2 is 1.32 bits per heavy atom. The molecule has 0 saturated carbocycles. The predicted octanol–water partition coefficient (Wildman–Crippen LogP) is 3.43. The highest BCUT2D eigenvalue weighted by Gasteiger charge is 2.45. The van der Waals surface area contributed by atoms with E-state index in [1.165, 1.54) is 84.0 Å². The molecule has 7 nitrogen and oxygen atoms in total. The van der Waals surface area contributed by atoms with Gasteiger partial charge in [0.15, 0.2) is 6.29 Å². The van der Waals surface area contributed by atoms with Crippen molar-refractivity contribution in [1.29, 1.82) is 0 Å². The van der Waals surface area contributed by atoms with Crippen LogP contribution in [0.5, 0.6) is 0 Å². The Bertz CT molecular complexity index is 450. The topological polar surface area (TPSA) is 108 Å². The van der Waals surface area contributed by atoms with Gasteiger partial charge in [-0.1, -0.05) is 90.4 Å². The minimum atomic E-state index is -1.28. The fourth-order valence-electron chi connectivity index (χ4n) is 4.11. The Kier molecular flexibility index (Phi) is 16.2. The van der Waals surface area contributed by atoms with Crippen LogP contribution in [0.3, 0.4) is 0 Å². The molecule has 1 amide bonds. The van der Waals surface area contributed by atoms with E-state index in [0.29, 0.717) is 6.61 Å². The van der Waals surface area contributed by atoms with Crippen molar-refractivity contribution in [2.75, 3.05) is 13.2 Å². The second kappa shape index (κ2) is 17.8. The van der Waals surface area contributed by atoms with Crippen molar-refractivity contribution < 1.29 is 29.6 Å². The molecule has 0 aromatic carbocycles. The van der Waals surface area contributed by atoms with Crippen LogP contribution in [0.25, 0.3) is 0 Å². The Balaban J connectivity index is 2.07. The number of hydrogen-bond acceptors (Lipinski definition) is 6. The zero-order valence-corrected chi connectivity index (χ0v) is 19.8. The monoisotopic (exact) mass is 445 g/mol. The van der Waals surface area contributed by atoms with E-state index in [1.807, 2.05) is 0 Å². The lowest BCUT2D eigenvalue weighted by Crippen LogP contribution is -2.64. The maximum absolute atomic E-state index is 11.4. The van der Waals surface area contributed by atoms with Gasteiger partial charge in [-0.3, -0.25) is 4.79 Å². The van der Waals surface area contributed by atoms with Crippen molar-refractivity contribution in [2.45, 2.75) is 134 Å². The van der Waals surface area contributed by atoms with Gasteiger partial charge in [0.05, 0.1) is 6.61 Å². The highest BCUT2D eigenvalue weighted by atomic mass is 16.7. The van der Waals surface area contributed by atoms with Gasteiger partial charge >= 0.3 is 0 Å². The summed E-state index contributed by atoms with van der Waals surface area (Å²) in [6, 6.07) is -0.859. The predicted molar refractivity (Wildman–Crippen MR) is 122 cm³/mol. The van der Waals surface area contributed by atoms with Gasteiger partial charge in [0.25, 0.3) is 0 Å². The summed E-state index contributed by atoms with van der Waals surface area (Å²) in [6.45, 7) is 3.61. The lowest BCUT2D eigenvalue weighted by atomic mass is 9.97. The second-order valence-corrected chi connectivity index (χ2v) is 8.90. The molecule has 1 fully saturated rings. The van der Waals surface area contributed by atoms with Crippen LogP contribution in [0.15, 0.2) is 0 Å². The Morgan fingerprint density at radius 1 is 0.839 bits per heavy atom. The first-order valence-electron chi connectivity index (χ1n) is 12.5. The molecule has 1 heterocycles. The fourth-order valence-corrected chi connectivity index (χ4v) is 4.11. The van der Waals surface area contributed by atoms with E-state index in [4.69, 9.17) is 9.47 Å². The molecule has 1 aliphatic rings. The van der Waals surface area contributed by atoms with E-state index >= 15 is 0 Å². The number of nitrogens with one attached hydrogen (secondary N) is 1. The summed E-state index contributed by atoms with van der Waals surface area (Å²) in [7, 11) is 0. The van der Waals surface area contributed by atoms with Crippen LogP contribution < -0.4 is 5.32 Å². The standard InChI is InChI=1S/C24H47NO6/c1-3-4-5-6-7-8-9-10-11-12-13-14-15-16-17-30-24-21(25-19(2)27)23(29)22(28)20(18-26)31-24/h20-24,26,28-29H,3-18H2,1-2H3,(H,25,27)/t20-,21-,22-,23-,24+/m1/s1. The molecule has 0 aliphatic carbocycles. The molecule has 0 aromatic rings. The third kappa shape index (κ3) is 12.2. The van der Waals surface area contributed by atoms with Gasteiger partial charge in [0, 0.05) is 13.5 Å². The molecule has 0 radical (unpaired) electrons. The molecular formula is C24H47NO6. The molecule has 31 heavy (non-hydrogen) atoms. The fraction of sp³-hybridized carbons (Fsp3) is 0.958. The maximum atomic E-state index is 11.4. The molecule has 7 heteroatoms. The molecule has 0 spiro atoms. The number of amides is 1. The molecule has 0 aromatic heterocycles. The molecule has 0 bridgehead atoms. The number of carbonyl (C=O) groups is 1. The highest BCUT2D eigenvalue weighted by molar-refractivity contribution is 5.73. The van der Waals surface area contributed by atoms with Crippen molar-refractivity contribution in [1.82, 2.24) is 5.32 Å². The van der Waals surface area contributed by atoms with Gasteiger partial charge in [-0.2, -0.15) is 0 Å². The van der Waals surface area contributed by atoms with Crippen LogP contribution in [0, 0.1) is 0 Å². The average molecular weight is 446 g/mol. The summed E-state index contributed by atoms with van der Waals surface area (Å²) in [5.41, 5.74) is 0. The number of carbonyl (C=O) groups excluding carboxylic acids is 1. The van der Waals surface area contributed by atoms with Crippen molar-refractivity contribution in [3.8, 4) is 0 Å². The Hall–Kier alpha value is -0.730. The lowest BCUT2D eigenvalue weighted by molar-refractivity contribution is -0.270. The molecule has 1 saturated heterocycles. The first-order chi connectivity index (χ1) is 15.0. The van der Waals surface area contributed by atoms with Crippen LogP contribution in [0.2, 0.25) is 0 Å². The first-order valence-corrected chi connectivity index (χ1v) is 12.5. The molecule has 4 N–H and O–H groups in total. The smallest absolute Gasteiger partial charge is 0.217 e. The molecule has 0 unspecified atom stereocenters. The number of hydrogen-bond donors (Lipinski definition) is 4. The molecule has 1 rings (SSSR count). The van der Waals surface area contributed by atoms with Crippen LogP contribution in [0.1, 0.15) is 104 Å². The third-order valence-electron chi connectivity index (χ3n) is 6.03. The van der Waals surface area contributed by atoms with Crippen LogP contribution in [-0.2, 0) is 14.3 Å². The molecular weight excluding hydrogens is 398 g/mol. The van der Waals surface area contributed by atoms with Gasteiger partial charge in [-0.15, -0.1) is 0 Å². The van der Waals surface area contributed by atoms with Gasteiger partial charge in [0.2, 0.25) is 5.91 Å². The molecule has 184 valence electrons. The van der Waals surface area contributed by atoms with Gasteiger partial charge < -0.3 is 30.1 Å². The van der Waals surface area contributed by atoms with Crippen molar-refractivity contribution >= 4 is 5.91 Å². The summed E-state index contributed by atoms with van der Waals surface area (Å²) in [6.07, 6.45) is 13.6. The number of aliphatic hydroxyl groups is 3. The summed E-state index contributed by atoms with van der Waals surface area (Å²) < 4.78 is 11.3. The quantitative estimate of drug-likeness (QED) is 0.241. The highest BCUT2D eigenvalue weighted by Crippen LogP contribution is 2.22. The van der Waals surface area contributed by atoms with E-state index in [2.05, 4.69) is 12.2 Å². The second-order valence-electron chi connectivity index (χ2n) is 8.90. The first kappa shape index (κ1) is 28.3. The van der Waals surface area contributed by atoms with E-state index in [9.17, 15) is 20.1 Å².